The third kappa shape index (κ3) is 3.08. The molecule has 2 aromatic rings. The molecule has 0 aliphatic carbocycles. The molecule has 0 aliphatic rings. The second kappa shape index (κ2) is 4.97. The lowest BCUT2D eigenvalue weighted by Crippen LogP contribution is -2.05. The summed E-state index contributed by atoms with van der Waals surface area (Å²) in [5.41, 5.74) is -0.0985. The van der Waals surface area contributed by atoms with E-state index in [1.54, 1.807) is 30.3 Å². The number of anilines is 1. The standard InChI is InChI=1S/C11H11N2O5P/c14-13(15)10-6-5-8-3-1-2-4-9(8)11(10)12-7-19(16,17)18/h1-6,12H,7H2,(H2,16,17,18). The number of nitro benzene ring substituents is 1. The van der Waals surface area contributed by atoms with E-state index in [1.165, 1.54) is 6.07 Å². The normalized spacial score (nSPS) is 11.5. The van der Waals surface area contributed by atoms with Crippen LogP contribution in [-0.4, -0.2) is 21.0 Å². The molecule has 2 aromatic carbocycles. The van der Waals surface area contributed by atoms with Crippen LogP contribution in [0.4, 0.5) is 11.4 Å². The van der Waals surface area contributed by atoms with Crippen molar-refractivity contribution in [3.05, 3.63) is 46.5 Å². The summed E-state index contributed by atoms with van der Waals surface area (Å²) in [7, 11) is -4.29. The number of fused-ring (bicyclic) bond motifs is 1. The zero-order chi connectivity index (χ0) is 14.0. The molecule has 0 aliphatic heterocycles. The van der Waals surface area contributed by atoms with Crippen molar-refractivity contribution >= 4 is 29.7 Å². The van der Waals surface area contributed by atoms with Crippen LogP contribution in [0.15, 0.2) is 36.4 Å². The Kier molecular flexibility index (Phi) is 3.53. The van der Waals surface area contributed by atoms with Crippen LogP contribution in [0, 0.1) is 10.1 Å². The predicted octanol–water partition coefficient (Wildman–Crippen LogP) is 2.30. The van der Waals surface area contributed by atoms with Gasteiger partial charge in [0.05, 0.1) is 4.92 Å². The maximum absolute atomic E-state index is 11.0. The van der Waals surface area contributed by atoms with Crippen molar-refractivity contribution in [2.45, 2.75) is 0 Å². The highest BCUT2D eigenvalue weighted by Gasteiger charge is 2.20. The highest BCUT2D eigenvalue weighted by molar-refractivity contribution is 7.51. The van der Waals surface area contributed by atoms with Crippen molar-refractivity contribution in [1.29, 1.82) is 0 Å². The molecular weight excluding hydrogens is 271 g/mol. The zero-order valence-electron chi connectivity index (χ0n) is 9.68. The van der Waals surface area contributed by atoms with Gasteiger partial charge in [0.25, 0.3) is 5.69 Å². The van der Waals surface area contributed by atoms with Crippen LogP contribution in [0.2, 0.25) is 0 Å². The smallest absolute Gasteiger partial charge is 0.344 e. The van der Waals surface area contributed by atoms with Crippen LogP contribution in [0.1, 0.15) is 0 Å². The highest BCUT2D eigenvalue weighted by atomic mass is 31.2. The first-order valence-electron chi connectivity index (χ1n) is 5.33. The number of nitro groups is 1. The number of rotatable bonds is 4. The zero-order valence-corrected chi connectivity index (χ0v) is 10.6. The maximum Gasteiger partial charge on any atom is 0.344 e. The summed E-state index contributed by atoms with van der Waals surface area (Å²) < 4.78 is 10.9. The monoisotopic (exact) mass is 282 g/mol. The number of hydrogen-bond acceptors (Lipinski definition) is 4. The Morgan fingerprint density at radius 3 is 2.53 bits per heavy atom. The van der Waals surface area contributed by atoms with Crippen molar-refractivity contribution in [1.82, 2.24) is 0 Å². The maximum atomic E-state index is 11.0. The molecule has 100 valence electrons. The van der Waals surface area contributed by atoms with Crippen LogP contribution >= 0.6 is 7.60 Å². The quantitative estimate of drug-likeness (QED) is 0.450. The molecule has 0 atom stereocenters. The Bertz CT molecular complexity index is 682. The van der Waals surface area contributed by atoms with Gasteiger partial charge in [0.15, 0.2) is 0 Å². The molecule has 7 nitrogen and oxygen atoms in total. The van der Waals surface area contributed by atoms with Crippen molar-refractivity contribution in [3.63, 3.8) is 0 Å². The predicted molar refractivity (Wildman–Crippen MR) is 71.1 cm³/mol. The fraction of sp³-hybridized carbons (Fsp3) is 0.0909. The molecule has 0 aromatic heterocycles. The van der Waals surface area contributed by atoms with Gasteiger partial charge in [-0.15, -0.1) is 0 Å². The van der Waals surface area contributed by atoms with Gasteiger partial charge in [-0.1, -0.05) is 24.3 Å². The first-order valence-corrected chi connectivity index (χ1v) is 7.13. The van der Waals surface area contributed by atoms with Crippen LogP contribution in [0.3, 0.4) is 0 Å². The summed E-state index contributed by atoms with van der Waals surface area (Å²) in [6, 6.07) is 9.81. The summed E-state index contributed by atoms with van der Waals surface area (Å²) in [4.78, 5) is 28.1. The fourth-order valence-corrected chi connectivity index (χ4v) is 2.14. The highest BCUT2D eigenvalue weighted by Crippen LogP contribution is 2.38. The molecule has 0 amide bonds. The van der Waals surface area contributed by atoms with Crippen LogP contribution < -0.4 is 5.32 Å². The van der Waals surface area contributed by atoms with Gasteiger partial charge in [-0.3, -0.25) is 14.7 Å². The molecule has 2 rings (SSSR count). The van der Waals surface area contributed by atoms with Crippen LogP contribution in [-0.2, 0) is 4.57 Å². The van der Waals surface area contributed by atoms with Gasteiger partial charge in [0.2, 0.25) is 0 Å². The van der Waals surface area contributed by atoms with E-state index in [9.17, 15) is 14.7 Å². The van der Waals surface area contributed by atoms with Gasteiger partial charge in [-0.2, -0.15) is 0 Å². The average Bonchev–Trinajstić information content (AvgIpc) is 2.34. The number of nitrogens with zero attached hydrogens (tertiary/aromatic N) is 1. The Morgan fingerprint density at radius 2 is 1.89 bits per heavy atom. The number of hydrogen-bond donors (Lipinski definition) is 3. The third-order valence-corrected chi connectivity index (χ3v) is 3.14. The average molecular weight is 282 g/mol. The molecule has 0 radical (unpaired) electrons. The summed E-state index contributed by atoms with van der Waals surface area (Å²) in [5.74, 6) is 0. The molecular formula is C11H11N2O5P. The van der Waals surface area contributed by atoms with E-state index >= 15 is 0 Å². The lowest BCUT2D eigenvalue weighted by molar-refractivity contribution is -0.383. The number of nitrogens with one attached hydrogen (secondary N) is 1. The van der Waals surface area contributed by atoms with Crippen molar-refractivity contribution in [2.24, 2.45) is 0 Å². The molecule has 0 spiro atoms. The summed E-state index contributed by atoms with van der Waals surface area (Å²) in [6.07, 6.45) is -0.651. The van der Waals surface area contributed by atoms with Gasteiger partial charge < -0.3 is 15.1 Å². The second-order valence-corrected chi connectivity index (χ2v) is 5.58. The van der Waals surface area contributed by atoms with E-state index in [0.29, 0.717) is 5.39 Å². The van der Waals surface area contributed by atoms with Gasteiger partial charge in [-0.25, -0.2) is 0 Å². The largest absolute Gasteiger partial charge is 0.368 e. The van der Waals surface area contributed by atoms with Gasteiger partial charge in [0, 0.05) is 11.5 Å². The lowest BCUT2D eigenvalue weighted by Gasteiger charge is -2.11. The van der Waals surface area contributed by atoms with E-state index in [1.807, 2.05) is 0 Å². The molecule has 0 heterocycles. The third-order valence-electron chi connectivity index (χ3n) is 2.57. The van der Waals surface area contributed by atoms with E-state index < -0.39 is 18.8 Å². The molecule has 3 N–H and O–H groups in total. The van der Waals surface area contributed by atoms with Crippen LogP contribution in [0.25, 0.3) is 10.8 Å². The minimum atomic E-state index is -4.29. The molecule has 8 heteroatoms. The van der Waals surface area contributed by atoms with Gasteiger partial charge in [-0.05, 0) is 11.5 Å². The minimum Gasteiger partial charge on any atom is -0.368 e. The summed E-state index contributed by atoms with van der Waals surface area (Å²) in [6.45, 7) is 0. The fourth-order valence-electron chi connectivity index (χ4n) is 1.78. The van der Waals surface area contributed by atoms with Crippen molar-refractivity contribution in [2.75, 3.05) is 11.6 Å². The Morgan fingerprint density at radius 1 is 1.21 bits per heavy atom. The molecule has 0 unspecified atom stereocenters. The van der Waals surface area contributed by atoms with Gasteiger partial charge in [0.1, 0.15) is 12.0 Å². The first kappa shape index (κ1) is 13.5. The van der Waals surface area contributed by atoms with Crippen molar-refractivity contribution < 1.29 is 19.3 Å². The number of benzene rings is 2. The van der Waals surface area contributed by atoms with E-state index in [2.05, 4.69) is 5.32 Å². The molecule has 19 heavy (non-hydrogen) atoms. The Balaban J connectivity index is 2.56. The minimum absolute atomic E-state index is 0.117. The molecule has 0 saturated heterocycles. The summed E-state index contributed by atoms with van der Waals surface area (Å²) in [5, 5.41) is 14.7. The summed E-state index contributed by atoms with van der Waals surface area (Å²) >= 11 is 0. The lowest BCUT2D eigenvalue weighted by atomic mass is 10.1. The van der Waals surface area contributed by atoms with E-state index in [-0.39, 0.29) is 11.4 Å². The van der Waals surface area contributed by atoms with Gasteiger partial charge >= 0.3 is 7.60 Å². The second-order valence-electron chi connectivity index (χ2n) is 3.94. The van der Waals surface area contributed by atoms with E-state index in [0.717, 1.165) is 5.39 Å². The first-order chi connectivity index (χ1) is 8.88. The van der Waals surface area contributed by atoms with Crippen molar-refractivity contribution in [3.8, 4) is 0 Å². The topological polar surface area (TPSA) is 113 Å². The molecule has 0 saturated carbocycles. The van der Waals surface area contributed by atoms with Crippen LogP contribution in [0.5, 0.6) is 0 Å². The Labute approximate surface area is 108 Å². The Hall–Kier alpha value is -1.95. The van der Waals surface area contributed by atoms with E-state index in [4.69, 9.17) is 9.79 Å². The SMILES string of the molecule is O=[N+]([O-])c1ccc2ccccc2c1NCP(=O)(O)O. The molecule has 0 fully saturated rings. The molecule has 0 bridgehead atoms.